The zero-order valence-electron chi connectivity index (χ0n) is 12.8. The first-order valence-electron chi connectivity index (χ1n) is 6.73. The highest BCUT2D eigenvalue weighted by Gasteiger charge is 2.16. The summed E-state index contributed by atoms with van der Waals surface area (Å²) in [7, 11) is 3.26. The minimum Gasteiger partial charge on any atom is -0.493 e. The second-order valence-electron chi connectivity index (χ2n) is 5.02. The Morgan fingerprint density at radius 1 is 1.20 bits per heavy atom. The van der Waals surface area contributed by atoms with E-state index < -0.39 is 0 Å². The van der Waals surface area contributed by atoms with Crippen molar-refractivity contribution in [1.29, 1.82) is 0 Å². The minimum absolute atomic E-state index is 0.0622. The van der Waals surface area contributed by atoms with E-state index >= 15 is 0 Å². The van der Waals surface area contributed by atoms with Gasteiger partial charge in [-0.1, -0.05) is 25.4 Å². The second-order valence-corrected chi connectivity index (χ2v) is 5.45. The maximum Gasteiger partial charge on any atom is 0.166 e. The molecule has 20 heavy (non-hydrogen) atoms. The summed E-state index contributed by atoms with van der Waals surface area (Å²) in [5.41, 5.74) is 0.978. The molecule has 4 nitrogen and oxygen atoms in total. The second kappa shape index (κ2) is 8.35. The SMILES string of the molecule is COCC(C)Oc1c(CNC(C)C)cc(Cl)cc1OC. The molecule has 1 rings (SSSR count). The summed E-state index contributed by atoms with van der Waals surface area (Å²) in [6.45, 7) is 7.33. The molecule has 0 fully saturated rings. The molecule has 0 amide bonds. The Balaban J connectivity index is 3.01. The molecule has 0 heterocycles. The molecule has 0 bridgehead atoms. The first kappa shape index (κ1) is 17.1. The van der Waals surface area contributed by atoms with E-state index in [2.05, 4.69) is 19.2 Å². The number of methoxy groups -OCH3 is 2. The molecule has 0 saturated carbocycles. The standard InChI is InChI=1S/C15H24ClNO3/c1-10(2)17-8-12-6-13(16)7-14(19-5)15(12)20-11(3)9-18-4/h6-7,10-11,17H,8-9H2,1-5H3. The van der Waals surface area contributed by atoms with Crippen LogP contribution in [-0.4, -0.2) is 33.0 Å². The van der Waals surface area contributed by atoms with Crippen molar-refractivity contribution in [2.45, 2.75) is 39.5 Å². The van der Waals surface area contributed by atoms with E-state index in [1.165, 1.54) is 0 Å². The molecule has 0 aromatic heterocycles. The highest BCUT2D eigenvalue weighted by Crippen LogP contribution is 2.35. The molecule has 5 heteroatoms. The summed E-state index contributed by atoms with van der Waals surface area (Å²) in [4.78, 5) is 0. The van der Waals surface area contributed by atoms with Gasteiger partial charge in [0.2, 0.25) is 0 Å². The van der Waals surface area contributed by atoms with Crippen LogP contribution in [0.5, 0.6) is 11.5 Å². The van der Waals surface area contributed by atoms with Crippen molar-refractivity contribution in [1.82, 2.24) is 5.32 Å². The summed E-state index contributed by atoms with van der Waals surface area (Å²) in [5, 5.41) is 3.99. The van der Waals surface area contributed by atoms with Crippen molar-refractivity contribution < 1.29 is 14.2 Å². The van der Waals surface area contributed by atoms with Crippen LogP contribution in [0.25, 0.3) is 0 Å². The van der Waals surface area contributed by atoms with Crippen molar-refractivity contribution in [3.63, 3.8) is 0 Å². The summed E-state index contributed by atoms with van der Waals surface area (Å²) in [6, 6.07) is 4.04. The highest BCUT2D eigenvalue weighted by molar-refractivity contribution is 6.30. The Hall–Kier alpha value is -0.970. The predicted molar refractivity (Wildman–Crippen MR) is 81.9 cm³/mol. The van der Waals surface area contributed by atoms with Crippen LogP contribution >= 0.6 is 11.6 Å². The van der Waals surface area contributed by atoms with Gasteiger partial charge in [0, 0.05) is 36.3 Å². The lowest BCUT2D eigenvalue weighted by Gasteiger charge is -2.20. The normalized spacial score (nSPS) is 12.6. The van der Waals surface area contributed by atoms with Crippen molar-refractivity contribution in [2.75, 3.05) is 20.8 Å². The van der Waals surface area contributed by atoms with Crippen LogP contribution in [0, 0.1) is 0 Å². The fourth-order valence-corrected chi connectivity index (χ4v) is 2.05. The van der Waals surface area contributed by atoms with E-state index in [0.717, 1.165) is 11.3 Å². The van der Waals surface area contributed by atoms with Crippen LogP contribution in [0.1, 0.15) is 26.3 Å². The molecule has 0 aliphatic rings. The number of hydrogen-bond acceptors (Lipinski definition) is 4. The minimum atomic E-state index is -0.0622. The van der Waals surface area contributed by atoms with Crippen molar-refractivity contribution in [2.24, 2.45) is 0 Å². The van der Waals surface area contributed by atoms with Crippen LogP contribution in [0.3, 0.4) is 0 Å². The van der Waals surface area contributed by atoms with Gasteiger partial charge in [-0.2, -0.15) is 0 Å². The Bertz CT molecular complexity index is 424. The van der Waals surface area contributed by atoms with Crippen molar-refractivity contribution in [3.05, 3.63) is 22.7 Å². The zero-order chi connectivity index (χ0) is 15.1. The van der Waals surface area contributed by atoms with Gasteiger partial charge in [-0.3, -0.25) is 0 Å². The lowest BCUT2D eigenvalue weighted by Crippen LogP contribution is -2.24. The fraction of sp³-hybridized carbons (Fsp3) is 0.600. The molecule has 1 unspecified atom stereocenters. The first-order chi connectivity index (χ1) is 9.47. The molecule has 0 saturated heterocycles. The van der Waals surface area contributed by atoms with Gasteiger partial charge in [0.05, 0.1) is 13.7 Å². The van der Waals surface area contributed by atoms with E-state index in [-0.39, 0.29) is 6.10 Å². The van der Waals surface area contributed by atoms with Crippen molar-refractivity contribution in [3.8, 4) is 11.5 Å². The number of ether oxygens (including phenoxy) is 3. The van der Waals surface area contributed by atoms with E-state index in [1.54, 1.807) is 20.3 Å². The molecule has 1 aromatic carbocycles. The van der Waals surface area contributed by atoms with Gasteiger partial charge >= 0.3 is 0 Å². The summed E-state index contributed by atoms with van der Waals surface area (Å²) in [6.07, 6.45) is -0.0622. The number of benzene rings is 1. The van der Waals surface area contributed by atoms with Gasteiger partial charge < -0.3 is 19.5 Å². The van der Waals surface area contributed by atoms with Crippen LogP contribution in [-0.2, 0) is 11.3 Å². The average Bonchev–Trinajstić information content (AvgIpc) is 2.38. The zero-order valence-corrected chi connectivity index (χ0v) is 13.6. The average molecular weight is 302 g/mol. The Morgan fingerprint density at radius 3 is 2.45 bits per heavy atom. The third-order valence-electron chi connectivity index (χ3n) is 2.74. The first-order valence-corrected chi connectivity index (χ1v) is 7.11. The molecular weight excluding hydrogens is 278 g/mol. The van der Waals surface area contributed by atoms with Gasteiger partial charge in [-0.05, 0) is 13.0 Å². The van der Waals surface area contributed by atoms with Gasteiger partial charge in [-0.15, -0.1) is 0 Å². The maximum absolute atomic E-state index is 6.13. The lowest BCUT2D eigenvalue weighted by molar-refractivity contribution is 0.0891. The van der Waals surface area contributed by atoms with Gasteiger partial charge in [0.25, 0.3) is 0 Å². The highest BCUT2D eigenvalue weighted by atomic mass is 35.5. The Kier molecular flexibility index (Phi) is 7.13. The maximum atomic E-state index is 6.13. The summed E-state index contributed by atoms with van der Waals surface area (Å²) in [5.74, 6) is 1.36. The van der Waals surface area contributed by atoms with Crippen LogP contribution in [0.15, 0.2) is 12.1 Å². The molecule has 1 atom stereocenters. The molecule has 0 aliphatic carbocycles. The quantitative estimate of drug-likeness (QED) is 0.800. The number of hydrogen-bond donors (Lipinski definition) is 1. The van der Waals surface area contributed by atoms with E-state index in [1.807, 2.05) is 13.0 Å². The van der Waals surface area contributed by atoms with E-state index in [4.69, 9.17) is 25.8 Å². The third kappa shape index (κ3) is 5.19. The lowest BCUT2D eigenvalue weighted by atomic mass is 10.1. The third-order valence-corrected chi connectivity index (χ3v) is 2.96. The molecule has 0 spiro atoms. The van der Waals surface area contributed by atoms with Gasteiger partial charge in [0.15, 0.2) is 11.5 Å². The van der Waals surface area contributed by atoms with Gasteiger partial charge in [-0.25, -0.2) is 0 Å². The molecule has 0 radical (unpaired) electrons. The molecular formula is C15H24ClNO3. The van der Waals surface area contributed by atoms with Crippen LogP contribution in [0.2, 0.25) is 5.02 Å². The smallest absolute Gasteiger partial charge is 0.166 e. The predicted octanol–water partition coefficient (Wildman–Crippen LogP) is 3.26. The number of halogens is 1. The van der Waals surface area contributed by atoms with Crippen LogP contribution < -0.4 is 14.8 Å². The molecule has 0 aliphatic heterocycles. The molecule has 1 aromatic rings. The number of nitrogens with one attached hydrogen (secondary N) is 1. The Morgan fingerprint density at radius 2 is 1.90 bits per heavy atom. The van der Waals surface area contributed by atoms with Crippen molar-refractivity contribution >= 4 is 11.6 Å². The molecule has 114 valence electrons. The topological polar surface area (TPSA) is 39.7 Å². The molecule has 1 N–H and O–H groups in total. The summed E-state index contributed by atoms with van der Waals surface area (Å²) < 4.78 is 16.4. The van der Waals surface area contributed by atoms with Gasteiger partial charge in [0.1, 0.15) is 6.10 Å². The largest absolute Gasteiger partial charge is 0.493 e. The van der Waals surface area contributed by atoms with E-state index in [0.29, 0.717) is 30.0 Å². The summed E-state index contributed by atoms with van der Waals surface area (Å²) >= 11 is 6.13. The van der Waals surface area contributed by atoms with E-state index in [9.17, 15) is 0 Å². The monoisotopic (exact) mass is 301 g/mol. The fourth-order valence-electron chi connectivity index (χ4n) is 1.82. The Labute approximate surface area is 126 Å². The number of rotatable bonds is 8. The van der Waals surface area contributed by atoms with Crippen LogP contribution in [0.4, 0.5) is 0 Å².